The second-order valence-electron chi connectivity index (χ2n) is 2.61. The minimum Gasteiger partial charge on any atom is -0.358 e. The zero-order valence-corrected chi connectivity index (χ0v) is 6.82. The van der Waals surface area contributed by atoms with E-state index in [1.165, 1.54) is 24.3 Å². The van der Waals surface area contributed by atoms with E-state index in [-0.39, 0.29) is 0 Å². The Morgan fingerprint density at radius 2 is 2.60 bits per heavy atom. The maximum atomic E-state index is 9.93. The summed E-state index contributed by atoms with van der Waals surface area (Å²) >= 11 is 2.00. The highest BCUT2D eigenvalue weighted by Crippen LogP contribution is 2.21. The monoisotopic (exact) mass is 159 g/mol. The van der Waals surface area contributed by atoms with Crippen molar-refractivity contribution in [3.05, 3.63) is 0 Å². The molecule has 0 saturated carbocycles. The van der Waals surface area contributed by atoms with E-state index in [1.807, 2.05) is 11.8 Å². The van der Waals surface area contributed by atoms with E-state index in [1.54, 1.807) is 0 Å². The molecule has 1 N–H and O–H groups in total. The van der Waals surface area contributed by atoms with Crippen molar-refractivity contribution in [1.29, 1.82) is 0 Å². The van der Waals surface area contributed by atoms with E-state index in [2.05, 4.69) is 5.32 Å². The number of hydrogen-bond donors (Lipinski definition) is 1. The zero-order valence-electron chi connectivity index (χ0n) is 6.01. The molecule has 1 saturated heterocycles. The van der Waals surface area contributed by atoms with Crippen molar-refractivity contribution < 1.29 is 4.79 Å². The van der Waals surface area contributed by atoms with Gasteiger partial charge in [-0.15, -0.1) is 0 Å². The second kappa shape index (κ2) is 4.61. The van der Waals surface area contributed by atoms with Crippen molar-refractivity contribution in [3.8, 4) is 0 Å². The fraction of sp³-hybridized carbons (Fsp3) is 0.857. The molecule has 1 heterocycles. The van der Waals surface area contributed by atoms with E-state index in [0.717, 1.165) is 18.9 Å². The fourth-order valence-electron chi connectivity index (χ4n) is 1.18. The summed E-state index contributed by atoms with van der Waals surface area (Å²) in [6.07, 6.45) is 3.39. The number of nitrogens with one attached hydrogen (secondary N) is 1. The largest absolute Gasteiger partial charge is 0.358 e. The Kier molecular flexibility index (Phi) is 3.65. The molecular weight excluding hydrogens is 146 g/mol. The molecule has 1 aliphatic rings. The highest BCUT2D eigenvalue weighted by atomic mass is 32.2. The van der Waals surface area contributed by atoms with Gasteiger partial charge in [0.2, 0.25) is 6.41 Å². The van der Waals surface area contributed by atoms with Gasteiger partial charge in [-0.25, -0.2) is 0 Å². The van der Waals surface area contributed by atoms with Crippen LogP contribution in [-0.4, -0.2) is 24.5 Å². The zero-order chi connectivity index (χ0) is 7.23. The topological polar surface area (TPSA) is 29.1 Å². The third-order valence-electron chi connectivity index (χ3n) is 1.74. The molecule has 0 radical (unpaired) electrons. The summed E-state index contributed by atoms with van der Waals surface area (Å²) in [5.74, 6) is 3.25. The molecule has 0 spiro atoms. The minimum atomic E-state index is 0.726. The molecule has 0 aromatic heterocycles. The number of carbonyl (C=O) groups is 1. The Morgan fingerprint density at radius 1 is 1.70 bits per heavy atom. The van der Waals surface area contributed by atoms with E-state index >= 15 is 0 Å². The molecule has 58 valence electrons. The molecule has 3 heteroatoms. The van der Waals surface area contributed by atoms with Crippen molar-refractivity contribution in [2.24, 2.45) is 5.92 Å². The van der Waals surface area contributed by atoms with Gasteiger partial charge in [-0.3, -0.25) is 4.79 Å². The molecule has 1 fully saturated rings. The number of hydrogen-bond acceptors (Lipinski definition) is 2. The van der Waals surface area contributed by atoms with Crippen molar-refractivity contribution in [3.63, 3.8) is 0 Å². The lowest BCUT2D eigenvalue weighted by molar-refractivity contribution is -0.109. The molecule has 1 unspecified atom stereocenters. The first kappa shape index (κ1) is 7.92. The van der Waals surface area contributed by atoms with Crippen molar-refractivity contribution in [1.82, 2.24) is 5.32 Å². The van der Waals surface area contributed by atoms with E-state index in [9.17, 15) is 4.79 Å². The Balaban J connectivity index is 2.07. The summed E-state index contributed by atoms with van der Waals surface area (Å²) in [7, 11) is 0. The molecule has 1 rings (SSSR count). The van der Waals surface area contributed by atoms with Gasteiger partial charge in [0, 0.05) is 6.54 Å². The van der Waals surface area contributed by atoms with Gasteiger partial charge in [-0.05, 0) is 30.3 Å². The van der Waals surface area contributed by atoms with Crippen LogP contribution in [-0.2, 0) is 4.79 Å². The van der Waals surface area contributed by atoms with Crippen LogP contribution < -0.4 is 5.32 Å². The summed E-state index contributed by atoms with van der Waals surface area (Å²) in [5.41, 5.74) is 0. The number of carbonyl (C=O) groups excluding carboxylic acids is 1. The SMILES string of the molecule is O=CNCC1CCCSC1. The standard InChI is InChI=1S/C7H13NOS/c9-6-8-4-7-2-1-3-10-5-7/h6-7H,1-5H2,(H,8,9). The number of rotatable bonds is 3. The van der Waals surface area contributed by atoms with Crippen LogP contribution in [0.3, 0.4) is 0 Å². The molecule has 0 aromatic carbocycles. The van der Waals surface area contributed by atoms with Crippen LogP contribution in [0.25, 0.3) is 0 Å². The van der Waals surface area contributed by atoms with Gasteiger partial charge in [-0.1, -0.05) is 0 Å². The number of thioether (sulfide) groups is 1. The van der Waals surface area contributed by atoms with Gasteiger partial charge in [0.05, 0.1) is 0 Å². The lowest BCUT2D eigenvalue weighted by Crippen LogP contribution is -2.25. The average Bonchev–Trinajstić information content (AvgIpc) is 2.03. The predicted octanol–water partition coefficient (Wildman–Crippen LogP) is 0.876. The molecule has 0 aromatic rings. The number of amides is 1. The maximum Gasteiger partial charge on any atom is 0.207 e. The highest BCUT2D eigenvalue weighted by Gasteiger charge is 2.12. The lowest BCUT2D eigenvalue weighted by atomic mass is 10.1. The van der Waals surface area contributed by atoms with Crippen LogP contribution in [0.5, 0.6) is 0 Å². The third kappa shape index (κ3) is 2.60. The summed E-state index contributed by atoms with van der Waals surface area (Å²) in [6, 6.07) is 0. The van der Waals surface area contributed by atoms with Crippen LogP contribution in [0.2, 0.25) is 0 Å². The Morgan fingerprint density at radius 3 is 3.20 bits per heavy atom. The predicted molar refractivity (Wildman–Crippen MR) is 44.1 cm³/mol. The summed E-state index contributed by atoms with van der Waals surface area (Å²) in [6.45, 7) is 0.872. The molecule has 2 nitrogen and oxygen atoms in total. The first-order valence-electron chi connectivity index (χ1n) is 3.68. The van der Waals surface area contributed by atoms with Gasteiger partial charge in [-0.2, -0.15) is 11.8 Å². The minimum absolute atomic E-state index is 0.726. The van der Waals surface area contributed by atoms with Crippen molar-refractivity contribution >= 4 is 18.2 Å². The average molecular weight is 159 g/mol. The molecule has 10 heavy (non-hydrogen) atoms. The smallest absolute Gasteiger partial charge is 0.207 e. The van der Waals surface area contributed by atoms with Crippen molar-refractivity contribution in [2.45, 2.75) is 12.8 Å². The molecule has 0 bridgehead atoms. The van der Waals surface area contributed by atoms with E-state index in [4.69, 9.17) is 0 Å². The Bertz CT molecular complexity index is 102. The van der Waals surface area contributed by atoms with Gasteiger partial charge in [0.25, 0.3) is 0 Å². The summed E-state index contributed by atoms with van der Waals surface area (Å²) in [4.78, 5) is 9.93. The maximum absolute atomic E-state index is 9.93. The van der Waals surface area contributed by atoms with E-state index < -0.39 is 0 Å². The molecule has 1 atom stereocenters. The first-order valence-corrected chi connectivity index (χ1v) is 4.83. The van der Waals surface area contributed by atoms with Gasteiger partial charge in [0.15, 0.2) is 0 Å². The van der Waals surface area contributed by atoms with Crippen LogP contribution in [0.15, 0.2) is 0 Å². The van der Waals surface area contributed by atoms with Crippen molar-refractivity contribution in [2.75, 3.05) is 18.1 Å². The lowest BCUT2D eigenvalue weighted by Gasteiger charge is -2.20. The van der Waals surface area contributed by atoms with Gasteiger partial charge >= 0.3 is 0 Å². The van der Waals surface area contributed by atoms with Crippen LogP contribution in [0.4, 0.5) is 0 Å². The molecule has 1 aliphatic heterocycles. The summed E-state index contributed by atoms with van der Waals surface area (Å²) < 4.78 is 0. The van der Waals surface area contributed by atoms with Crippen LogP contribution in [0, 0.1) is 5.92 Å². The summed E-state index contributed by atoms with van der Waals surface area (Å²) in [5, 5.41) is 2.72. The van der Waals surface area contributed by atoms with Crippen LogP contribution in [0.1, 0.15) is 12.8 Å². The molecule has 0 aliphatic carbocycles. The van der Waals surface area contributed by atoms with E-state index in [0.29, 0.717) is 0 Å². The third-order valence-corrected chi connectivity index (χ3v) is 3.03. The molecule has 1 amide bonds. The quantitative estimate of drug-likeness (QED) is 0.619. The highest BCUT2D eigenvalue weighted by molar-refractivity contribution is 7.99. The van der Waals surface area contributed by atoms with Crippen LogP contribution >= 0.6 is 11.8 Å². The second-order valence-corrected chi connectivity index (χ2v) is 3.76. The Hall–Kier alpha value is -0.180. The normalized spacial score (nSPS) is 25.8. The first-order chi connectivity index (χ1) is 4.93. The molecular formula is C7H13NOS. The van der Waals surface area contributed by atoms with Gasteiger partial charge in [0.1, 0.15) is 0 Å². The fourth-order valence-corrected chi connectivity index (χ4v) is 2.34. The Labute approximate surface area is 65.8 Å². The van der Waals surface area contributed by atoms with Gasteiger partial charge < -0.3 is 5.32 Å².